The highest BCUT2D eigenvalue weighted by atomic mass is 14.9. The van der Waals surface area contributed by atoms with Crippen LogP contribution in [0.25, 0.3) is 10.9 Å². The van der Waals surface area contributed by atoms with Crippen LogP contribution in [0.15, 0.2) is 36.5 Å². The zero-order valence-electron chi connectivity index (χ0n) is 11.6. The Bertz CT molecular complexity index is 544. The molecule has 2 atom stereocenters. The topological polar surface area (TPSA) is 24.9 Å². The SMILES string of the molecule is CCCNC1CCCC1c1cccc2cccnc12. The zero-order valence-corrected chi connectivity index (χ0v) is 11.6. The first kappa shape index (κ1) is 12.6. The molecule has 3 rings (SSSR count). The molecule has 1 saturated carbocycles. The van der Waals surface area contributed by atoms with E-state index in [2.05, 4.69) is 41.5 Å². The maximum atomic E-state index is 4.61. The molecule has 2 heteroatoms. The highest BCUT2D eigenvalue weighted by Crippen LogP contribution is 2.37. The summed E-state index contributed by atoms with van der Waals surface area (Å²) in [4.78, 5) is 4.61. The van der Waals surface area contributed by atoms with Crippen molar-refractivity contribution in [2.75, 3.05) is 6.54 Å². The summed E-state index contributed by atoms with van der Waals surface area (Å²) in [6.45, 7) is 3.36. The van der Waals surface area contributed by atoms with E-state index in [0.717, 1.165) is 6.54 Å². The highest BCUT2D eigenvalue weighted by molar-refractivity contribution is 5.82. The lowest BCUT2D eigenvalue weighted by Gasteiger charge is -2.22. The Morgan fingerprint density at radius 1 is 1.21 bits per heavy atom. The first-order chi connectivity index (χ1) is 9.40. The van der Waals surface area contributed by atoms with Crippen molar-refractivity contribution in [2.45, 2.75) is 44.6 Å². The first-order valence-corrected chi connectivity index (χ1v) is 7.47. The van der Waals surface area contributed by atoms with Gasteiger partial charge in [0.2, 0.25) is 0 Å². The number of hydrogen-bond acceptors (Lipinski definition) is 2. The maximum absolute atomic E-state index is 4.61. The molecule has 1 N–H and O–H groups in total. The van der Waals surface area contributed by atoms with Crippen molar-refractivity contribution in [2.24, 2.45) is 0 Å². The summed E-state index contributed by atoms with van der Waals surface area (Å²) < 4.78 is 0. The Balaban J connectivity index is 1.94. The Morgan fingerprint density at radius 2 is 2.11 bits per heavy atom. The number of nitrogens with zero attached hydrogens (tertiary/aromatic N) is 1. The molecule has 0 spiro atoms. The smallest absolute Gasteiger partial charge is 0.0737 e. The van der Waals surface area contributed by atoms with Gasteiger partial charge >= 0.3 is 0 Å². The van der Waals surface area contributed by atoms with Crippen LogP contribution in [0.5, 0.6) is 0 Å². The summed E-state index contributed by atoms with van der Waals surface area (Å²) >= 11 is 0. The van der Waals surface area contributed by atoms with Crippen LogP contribution in [-0.4, -0.2) is 17.6 Å². The van der Waals surface area contributed by atoms with Crippen LogP contribution >= 0.6 is 0 Å². The van der Waals surface area contributed by atoms with Gasteiger partial charge in [-0.15, -0.1) is 0 Å². The molecule has 1 aliphatic rings. The van der Waals surface area contributed by atoms with Crippen molar-refractivity contribution in [1.29, 1.82) is 0 Å². The van der Waals surface area contributed by atoms with Gasteiger partial charge in [-0.25, -0.2) is 0 Å². The van der Waals surface area contributed by atoms with Gasteiger partial charge in [0, 0.05) is 23.5 Å². The summed E-state index contributed by atoms with van der Waals surface area (Å²) in [5, 5.41) is 4.98. The average molecular weight is 254 g/mol. The molecule has 1 aromatic heterocycles. The van der Waals surface area contributed by atoms with Crippen LogP contribution in [-0.2, 0) is 0 Å². The quantitative estimate of drug-likeness (QED) is 0.896. The van der Waals surface area contributed by atoms with Crippen LogP contribution in [0, 0.1) is 0 Å². The van der Waals surface area contributed by atoms with Crippen LogP contribution in [0.2, 0.25) is 0 Å². The van der Waals surface area contributed by atoms with E-state index in [9.17, 15) is 0 Å². The van der Waals surface area contributed by atoms with Gasteiger partial charge in [0.15, 0.2) is 0 Å². The monoisotopic (exact) mass is 254 g/mol. The van der Waals surface area contributed by atoms with E-state index >= 15 is 0 Å². The van der Waals surface area contributed by atoms with Gasteiger partial charge in [-0.3, -0.25) is 4.98 Å². The molecule has 0 radical (unpaired) electrons. The fourth-order valence-corrected chi connectivity index (χ4v) is 3.33. The highest BCUT2D eigenvalue weighted by Gasteiger charge is 2.29. The number of rotatable bonds is 4. The second kappa shape index (κ2) is 5.70. The third kappa shape index (κ3) is 2.50. The predicted molar refractivity (Wildman–Crippen MR) is 80.4 cm³/mol. The molecule has 0 saturated heterocycles. The molecule has 2 nitrogen and oxygen atoms in total. The van der Waals surface area contributed by atoms with E-state index in [-0.39, 0.29) is 0 Å². The van der Waals surface area contributed by atoms with E-state index < -0.39 is 0 Å². The van der Waals surface area contributed by atoms with E-state index in [4.69, 9.17) is 0 Å². The second-order valence-electron chi connectivity index (χ2n) is 5.52. The van der Waals surface area contributed by atoms with Gasteiger partial charge in [0.1, 0.15) is 0 Å². The van der Waals surface area contributed by atoms with Crippen LogP contribution in [0.3, 0.4) is 0 Å². The lowest BCUT2D eigenvalue weighted by molar-refractivity contribution is 0.480. The molecule has 1 fully saturated rings. The van der Waals surface area contributed by atoms with Crippen molar-refractivity contribution in [1.82, 2.24) is 10.3 Å². The fraction of sp³-hybridized carbons (Fsp3) is 0.471. The number of fused-ring (bicyclic) bond motifs is 1. The number of pyridine rings is 1. The molecular formula is C17H22N2. The molecule has 1 heterocycles. The molecule has 0 amide bonds. The van der Waals surface area contributed by atoms with Gasteiger partial charge in [0.05, 0.1) is 5.52 Å². The van der Waals surface area contributed by atoms with Crippen molar-refractivity contribution in [3.63, 3.8) is 0 Å². The predicted octanol–water partition coefficient (Wildman–Crippen LogP) is 3.87. The van der Waals surface area contributed by atoms with Crippen molar-refractivity contribution >= 4 is 10.9 Å². The summed E-state index contributed by atoms with van der Waals surface area (Å²) in [5.74, 6) is 0.630. The Kier molecular flexibility index (Phi) is 3.79. The molecule has 2 unspecified atom stereocenters. The molecule has 0 aliphatic heterocycles. The van der Waals surface area contributed by atoms with Gasteiger partial charge in [0.25, 0.3) is 0 Å². The van der Waals surface area contributed by atoms with Crippen molar-refractivity contribution in [3.8, 4) is 0 Å². The normalized spacial score (nSPS) is 23.0. The molecule has 1 aromatic carbocycles. The van der Waals surface area contributed by atoms with Crippen LogP contribution in [0.4, 0.5) is 0 Å². The van der Waals surface area contributed by atoms with E-state index in [1.807, 2.05) is 12.3 Å². The minimum absolute atomic E-state index is 0.630. The van der Waals surface area contributed by atoms with Gasteiger partial charge in [-0.1, -0.05) is 37.6 Å². The Morgan fingerprint density at radius 3 is 3.00 bits per heavy atom. The summed E-state index contributed by atoms with van der Waals surface area (Å²) in [7, 11) is 0. The minimum Gasteiger partial charge on any atom is -0.313 e. The molecule has 100 valence electrons. The first-order valence-electron chi connectivity index (χ1n) is 7.47. The average Bonchev–Trinajstić information content (AvgIpc) is 2.92. The van der Waals surface area contributed by atoms with Gasteiger partial charge in [-0.05, 0) is 37.4 Å². The third-order valence-electron chi connectivity index (χ3n) is 4.24. The number of aromatic nitrogens is 1. The molecule has 0 bridgehead atoms. The lowest BCUT2D eigenvalue weighted by Crippen LogP contribution is -2.31. The van der Waals surface area contributed by atoms with Crippen molar-refractivity contribution < 1.29 is 0 Å². The largest absolute Gasteiger partial charge is 0.313 e. The minimum atomic E-state index is 0.630. The number of para-hydroxylation sites is 1. The maximum Gasteiger partial charge on any atom is 0.0737 e. The number of hydrogen-bond donors (Lipinski definition) is 1. The summed E-state index contributed by atoms with van der Waals surface area (Å²) in [6.07, 6.45) is 7.03. The van der Waals surface area contributed by atoms with E-state index in [0.29, 0.717) is 12.0 Å². The molecule has 1 aliphatic carbocycles. The Hall–Kier alpha value is -1.41. The van der Waals surface area contributed by atoms with E-state index in [1.54, 1.807) is 0 Å². The number of benzene rings is 1. The summed E-state index contributed by atoms with van der Waals surface area (Å²) in [5.41, 5.74) is 2.63. The van der Waals surface area contributed by atoms with Gasteiger partial charge in [-0.2, -0.15) is 0 Å². The van der Waals surface area contributed by atoms with Gasteiger partial charge < -0.3 is 5.32 Å². The second-order valence-corrected chi connectivity index (χ2v) is 5.52. The molecular weight excluding hydrogens is 232 g/mol. The van der Waals surface area contributed by atoms with Crippen LogP contribution in [0.1, 0.15) is 44.1 Å². The fourth-order valence-electron chi connectivity index (χ4n) is 3.33. The Labute approximate surface area is 115 Å². The standard InChI is InChI=1S/C17H22N2/c1-2-11-18-16-10-4-8-14(16)15-9-3-6-13-7-5-12-19-17(13)15/h3,5-7,9,12,14,16,18H,2,4,8,10-11H2,1H3. The lowest BCUT2D eigenvalue weighted by atomic mass is 9.92. The van der Waals surface area contributed by atoms with Crippen molar-refractivity contribution in [3.05, 3.63) is 42.1 Å². The summed E-state index contributed by atoms with van der Waals surface area (Å²) in [6, 6.07) is 11.4. The number of nitrogens with one attached hydrogen (secondary N) is 1. The third-order valence-corrected chi connectivity index (χ3v) is 4.24. The molecule has 2 aromatic rings. The zero-order chi connectivity index (χ0) is 13.1. The molecule has 19 heavy (non-hydrogen) atoms. The van der Waals surface area contributed by atoms with E-state index in [1.165, 1.54) is 42.1 Å². The van der Waals surface area contributed by atoms with Crippen LogP contribution < -0.4 is 5.32 Å².